The number of benzene rings is 1. The Labute approximate surface area is 83.9 Å². The summed E-state index contributed by atoms with van der Waals surface area (Å²) in [6, 6.07) is 4.29. The van der Waals surface area contributed by atoms with E-state index in [1.165, 1.54) is 6.38 Å². The first-order chi connectivity index (χ1) is 6.47. The summed E-state index contributed by atoms with van der Waals surface area (Å²) in [5.41, 5.74) is 0. The summed E-state index contributed by atoms with van der Waals surface area (Å²) in [7, 11) is 0. The highest BCUT2D eigenvalue weighted by molar-refractivity contribution is 6.15. The number of ether oxygens (including phenoxy) is 1. The molecule has 0 heterocycles. The molecular weight excluding hydrogens is 221 g/mol. The molecule has 0 aliphatic rings. The fourth-order valence-corrected chi connectivity index (χ4v) is 0.648. The Morgan fingerprint density at radius 2 is 1.57 bits per heavy atom. The van der Waals surface area contributed by atoms with Crippen LogP contribution in [-0.4, -0.2) is 17.9 Å². The third kappa shape index (κ3) is 5.53. The average Bonchev–Trinajstić information content (AvgIpc) is 2.10. The van der Waals surface area contributed by atoms with Gasteiger partial charge in [-0.05, 0) is 24.3 Å². The van der Waals surface area contributed by atoms with Gasteiger partial charge in [0.15, 0.2) is 0 Å². The van der Waals surface area contributed by atoms with Crippen molar-refractivity contribution in [2.75, 3.05) is 6.38 Å². The van der Waals surface area contributed by atoms with Gasteiger partial charge in [0.05, 0.1) is 0 Å². The van der Waals surface area contributed by atoms with Gasteiger partial charge < -0.3 is 9.84 Å². The fraction of sp³-hybridized carbons (Fsp3) is 0.250. The van der Waals surface area contributed by atoms with E-state index in [-0.39, 0.29) is 11.5 Å². The summed E-state index contributed by atoms with van der Waals surface area (Å²) in [5.74, 6) is -0.454. The first-order valence-corrected chi connectivity index (χ1v) is 4.15. The standard InChI is InChI=1S/C7H5F3O2.CH3Cl/c8-7(9,10)12-6-3-1-5(11)2-4-6;1-2/h1-4,11H;1H3. The van der Waals surface area contributed by atoms with Crippen molar-refractivity contribution in [3.05, 3.63) is 24.3 Å². The summed E-state index contributed by atoms with van der Waals surface area (Å²) in [6.45, 7) is 0. The van der Waals surface area contributed by atoms with Gasteiger partial charge in [-0.3, -0.25) is 0 Å². The predicted molar refractivity (Wildman–Crippen MR) is 46.6 cm³/mol. The monoisotopic (exact) mass is 228 g/mol. The van der Waals surface area contributed by atoms with E-state index in [0.29, 0.717) is 0 Å². The van der Waals surface area contributed by atoms with Crippen LogP contribution in [0.2, 0.25) is 0 Å². The molecule has 0 aromatic heterocycles. The van der Waals surface area contributed by atoms with E-state index in [2.05, 4.69) is 16.3 Å². The highest BCUT2D eigenvalue weighted by Crippen LogP contribution is 2.23. The summed E-state index contributed by atoms with van der Waals surface area (Å²) in [5, 5.41) is 8.72. The molecule has 0 bridgehead atoms. The summed E-state index contributed by atoms with van der Waals surface area (Å²) >= 11 is 4.64. The molecule has 0 saturated heterocycles. The molecule has 14 heavy (non-hydrogen) atoms. The Balaban J connectivity index is 0.000000791. The van der Waals surface area contributed by atoms with Gasteiger partial charge in [0.1, 0.15) is 11.5 Å². The number of hydrogen-bond donors (Lipinski definition) is 1. The Bertz CT molecular complexity index is 258. The topological polar surface area (TPSA) is 29.5 Å². The zero-order valence-corrected chi connectivity index (χ0v) is 7.93. The lowest BCUT2D eigenvalue weighted by atomic mass is 10.3. The van der Waals surface area contributed by atoms with Crippen molar-refractivity contribution in [3.63, 3.8) is 0 Å². The Kier molecular flexibility index (Phi) is 5.15. The van der Waals surface area contributed by atoms with Crippen molar-refractivity contribution >= 4 is 11.6 Å². The molecule has 80 valence electrons. The molecule has 1 rings (SSSR count). The van der Waals surface area contributed by atoms with E-state index in [0.717, 1.165) is 24.3 Å². The molecule has 0 unspecified atom stereocenters. The molecule has 0 spiro atoms. The maximum atomic E-state index is 11.6. The van der Waals surface area contributed by atoms with Gasteiger partial charge >= 0.3 is 6.36 Å². The zero-order valence-electron chi connectivity index (χ0n) is 7.18. The fourth-order valence-electron chi connectivity index (χ4n) is 0.648. The number of halogens is 4. The molecule has 0 saturated carbocycles. The van der Waals surface area contributed by atoms with E-state index in [1.807, 2.05) is 0 Å². The molecule has 0 atom stereocenters. The van der Waals surface area contributed by atoms with Crippen LogP contribution in [-0.2, 0) is 0 Å². The second kappa shape index (κ2) is 5.59. The molecule has 0 aliphatic heterocycles. The number of phenols is 1. The van der Waals surface area contributed by atoms with Gasteiger partial charge in [-0.1, -0.05) is 0 Å². The zero-order chi connectivity index (χ0) is 11.2. The van der Waals surface area contributed by atoms with Crippen molar-refractivity contribution in [2.24, 2.45) is 0 Å². The van der Waals surface area contributed by atoms with Crippen molar-refractivity contribution in [3.8, 4) is 11.5 Å². The minimum absolute atomic E-state index is 0.107. The molecule has 0 amide bonds. The highest BCUT2D eigenvalue weighted by Gasteiger charge is 2.30. The van der Waals surface area contributed by atoms with E-state index < -0.39 is 6.36 Å². The number of alkyl halides is 4. The maximum Gasteiger partial charge on any atom is 0.573 e. The van der Waals surface area contributed by atoms with Gasteiger partial charge in [-0.2, -0.15) is 0 Å². The van der Waals surface area contributed by atoms with Crippen LogP contribution in [0.15, 0.2) is 24.3 Å². The first-order valence-electron chi connectivity index (χ1n) is 3.40. The van der Waals surface area contributed by atoms with Gasteiger partial charge in [-0.15, -0.1) is 24.8 Å². The molecule has 0 radical (unpaired) electrons. The lowest BCUT2D eigenvalue weighted by molar-refractivity contribution is -0.274. The smallest absolute Gasteiger partial charge is 0.508 e. The van der Waals surface area contributed by atoms with Crippen LogP contribution >= 0.6 is 11.6 Å². The van der Waals surface area contributed by atoms with Crippen molar-refractivity contribution in [1.29, 1.82) is 0 Å². The van der Waals surface area contributed by atoms with Gasteiger partial charge in [0, 0.05) is 6.38 Å². The number of rotatable bonds is 1. The molecule has 1 aromatic carbocycles. The lowest BCUT2D eigenvalue weighted by Crippen LogP contribution is -2.16. The maximum absolute atomic E-state index is 11.6. The SMILES string of the molecule is CCl.Oc1ccc(OC(F)(F)F)cc1. The molecule has 1 aromatic rings. The Hall–Kier alpha value is -1.10. The third-order valence-electron chi connectivity index (χ3n) is 1.07. The van der Waals surface area contributed by atoms with Crippen molar-refractivity contribution < 1.29 is 23.0 Å². The second-order valence-electron chi connectivity index (χ2n) is 2.04. The number of phenolic OH excluding ortho intramolecular Hbond substituents is 1. The minimum Gasteiger partial charge on any atom is -0.508 e. The lowest BCUT2D eigenvalue weighted by Gasteiger charge is -2.07. The quantitative estimate of drug-likeness (QED) is 0.749. The van der Waals surface area contributed by atoms with E-state index in [4.69, 9.17) is 5.11 Å². The van der Waals surface area contributed by atoms with Crippen LogP contribution < -0.4 is 4.74 Å². The van der Waals surface area contributed by atoms with Crippen LogP contribution in [0.5, 0.6) is 11.5 Å². The van der Waals surface area contributed by atoms with Crippen LogP contribution in [0.3, 0.4) is 0 Å². The number of aromatic hydroxyl groups is 1. The Morgan fingerprint density at radius 3 is 1.93 bits per heavy atom. The highest BCUT2D eigenvalue weighted by atomic mass is 35.5. The van der Waals surface area contributed by atoms with Crippen molar-refractivity contribution in [2.45, 2.75) is 6.36 Å². The largest absolute Gasteiger partial charge is 0.573 e. The van der Waals surface area contributed by atoms with E-state index >= 15 is 0 Å². The van der Waals surface area contributed by atoms with E-state index in [1.54, 1.807) is 0 Å². The molecular formula is C8H8ClF3O2. The normalized spacial score (nSPS) is 10.1. The minimum atomic E-state index is -4.68. The van der Waals surface area contributed by atoms with Crippen LogP contribution in [0.1, 0.15) is 0 Å². The molecule has 0 fully saturated rings. The second-order valence-corrected chi connectivity index (χ2v) is 2.04. The van der Waals surface area contributed by atoms with Gasteiger partial charge in [0.25, 0.3) is 0 Å². The van der Waals surface area contributed by atoms with Crippen LogP contribution in [0.25, 0.3) is 0 Å². The van der Waals surface area contributed by atoms with Crippen LogP contribution in [0.4, 0.5) is 13.2 Å². The Morgan fingerprint density at radius 1 is 1.14 bits per heavy atom. The summed E-state index contributed by atoms with van der Waals surface area (Å²) in [6.07, 6.45) is -3.21. The summed E-state index contributed by atoms with van der Waals surface area (Å²) < 4.78 is 38.2. The molecule has 6 heteroatoms. The predicted octanol–water partition coefficient (Wildman–Crippen LogP) is 3.15. The van der Waals surface area contributed by atoms with E-state index in [9.17, 15) is 13.2 Å². The van der Waals surface area contributed by atoms with Crippen molar-refractivity contribution in [1.82, 2.24) is 0 Å². The third-order valence-corrected chi connectivity index (χ3v) is 1.07. The van der Waals surface area contributed by atoms with Crippen LogP contribution in [0, 0.1) is 0 Å². The molecule has 0 aliphatic carbocycles. The average molecular weight is 229 g/mol. The number of hydrogen-bond acceptors (Lipinski definition) is 2. The molecule has 2 nitrogen and oxygen atoms in total. The first kappa shape index (κ1) is 12.9. The van der Waals surface area contributed by atoms with Gasteiger partial charge in [-0.25, -0.2) is 0 Å². The summed E-state index contributed by atoms with van der Waals surface area (Å²) in [4.78, 5) is 0. The van der Waals surface area contributed by atoms with Gasteiger partial charge in [0.2, 0.25) is 0 Å². The molecule has 1 N–H and O–H groups in total.